The predicted molar refractivity (Wildman–Crippen MR) is 84.7 cm³/mol. The number of hydrogen-bond acceptors (Lipinski definition) is 2. The van der Waals surface area contributed by atoms with Crippen LogP contribution in [0.25, 0.3) is 0 Å². The van der Waals surface area contributed by atoms with Gasteiger partial charge < -0.3 is 11.1 Å². The summed E-state index contributed by atoms with van der Waals surface area (Å²) in [4.78, 5) is 0.226. The second kappa shape index (κ2) is 5.86. The van der Waals surface area contributed by atoms with Crippen LogP contribution in [0.1, 0.15) is 5.56 Å². The zero-order valence-electron chi connectivity index (χ0n) is 9.58. The van der Waals surface area contributed by atoms with Gasteiger partial charge in [-0.3, -0.25) is 0 Å². The molecular formula is C13H9BrClFN2S. The molecule has 0 aromatic heterocycles. The molecule has 0 aliphatic heterocycles. The van der Waals surface area contributed by atoms with Crippen LogP contribution in [0.4, 0.5) is 15.8 Å². The van der Waals surface area contributed by atoms with Crippen LogP contribution in [0.3, 0.4) is 0 Å². The van der Waals surface area contributed by atoms with Gasteiger partial charge in [0.1, 0.15) is 10.8 Å². The Morgan fingerprint density at radius 1 is 1.32 bits per heavy atom. The van der Waals surface area contributed by atoms with E-state index in [2.05, 4.69) is 21.2 Å². The van der Waals surface area contributed by atoms with E-state index in [0.717, 1.165) is 0 Å². The highest BCUT2D eigenvalue weighted by Gasteiger charge is 2.09. The van der Waals surface area contributed by atoms with Gasteiger partial charge in [0.25, 0.3) is 0 Å². The van der Waals surface area contributed by atoms with Crippen LogP contribution < -0.4 is 11.1 Å². The molecule has 0 unspecified atom stereocenters. The molecule has 0 fully saturated rings. The van der Waals surface area contributed by atoms with Gasteiger partial charge in [-0.05, 0) is 46.3 Å². The van der Waals surface area contributed by atoms with Crippen LogP contribution in [0.5, 0.6) is 0 Å². The van der Waals surface area contributed by atoms with Crippen molar-refractivity contribution in [3.05, 3.63) is 57.3 Å². The number of para-hydroxylation sites is 1. The topological polar surface area (TPSA) is 38.0 Å². The fourth-order valence-corrected chi connectivity index (χ4v) is 2.51. The summed E-state index contributed by atoms with van der Waals surface area (Å²) in [7, 11) is 0. The highest BCUT2D eigenvalue weighted by Crippen LogP contribution is 2.30. The molecule has 6 heteroatoms. The SMILES string of the molecule is NC(=S)c1ccc(Nc2c(F)cccc2Br)cc1Cl. The summed E-state index contributed by atoms with van der Waals surface area (Å²) in [5, 5.41) is 3.38. The molecule has 98 valence electrons. The first-order valence-electron chi connectivity index (χ1n) is 5.29. The third kappa shape index (κ3) is 3.23. The van der Waals surface area contributed by atoms with Gasteiger partial charge in [0, 0.05) is 15.7 Å². The van der Waals surface area contributed by atoms with E-state index >= 15 is 0 Å². The molecule has 2 aromatic carbocycles. The number of anilines is 2. The van der Waals surface area contributed by atoms with Gasteiger partial charge in [-0.15, -0.1) is 0 Å². The third-order valence-corrected chi connectivity index (χ3v) is 3.66. The lowest BCUT2D eigenvalue weighted by Crippen LogP contribution is -2.10. The zero-order valence-corrected chi connectivity index (χ0v) is 12.7. The lowest BCUT2D eigenvalue weighted by Gasteiger charge is -2.11. The predicted octanol–water partition coefficient (Wildman–Crippen LogP) is 4.62. The van der Waals surface area contributed by atoms with E-state index in [0.29, 0.717) is 26.4 Å². The maximum atomic E-state index is 13.7. The van der Waals surface area contributed by atoms with Crippen LogP contribution in [0.2, 0.25) is 5.02 Å². The van der Waals surface area contributed by atoms with Crippen molar-refractivity contribution in [3.63, 3.8) is 0 Å². The Hall–Kier alpha value is -1.17. The van der Waals surface area contributed by atoms with E-state index < -0.39 is 0 Å². The molecule has 2 rings (SSSR count). The van der Waals surface area contributed by atoms with E-state index in [1.54, 1.807) is 30.3 Å². The first-order valence-corrected chi connectivity index (χ1v) is 6.87. The molecule has 0 aliphatic rings. The lowest BCUT2D eigenvalue weighted by molar-refractivity contribution is 0.631. The van der Waals surface area contributed by atoms with Gasteiger partial charge in [0.15, 0.2) is 0 Å². The number of rotatable bonds is 3. The molecule has 0 bridgehead atoms. The summed E-state index contributed by atoms with van der Waals surface area (Å²) >= 11 is 14.2. The fraction of sp³-hybridized carbons (Fsp3) is 0. The molecule has 19 heavy (non-hydrogen) atoms. The van der Waals surface area contributed by atoms with E-state index in [1.807, 2.05) is 0 Å². The summed E-state index contributed by atoms with van der Waals surface area (Å²) in [6, 6.07) is 9.82. The molecule has 0 amide bonds. The first kappa shape index (κ1) is 14.2. The Kier molecular flexibility index (Phi) is 4.39. The minimum Gasteiger partial charge on any atom is -0.389 e. The van der Waals surface area contributed by atoms with E-state index in [-0.39, 0.29) is 10.8 Å². The largest absolute Gasteiger partial charge is 0.389 e. The van der Waals surface area contributed by atoms with Crippen molar-refractivity contribution >= 4 is 56.1 Å². The van der Waals surface area contributed by atoms with Crippen LogP contribution in [0.15, 0.2) is 40.9 Å². The molecular weight excluding hydrogens is 351 g/mol. The van der Waals surface area contributed by atoms with Crippen LogP contribution >= 0.6 is 39.7 Å². The molecule has 0 spiro atoms. The van der Waals surface area contributed by atoms with Gasteiger partial charge in [-0.25, -0.2) is 4.39 Å². The van der Waals surface area contributed by atoms with Gasteiger partial charge in [0.2, 0.25) is 0 Å². The van der Waals surface area contributed by atoms with Crippen molar-refractivity contribution in [2.45, 2.75) is 0 Å². The number of nitrogens with two attached hydrogens (primary N) is 1. The Balaban J connectivity index is 2.34. The average molecular weight is 360 g/mol. The highest BCUT2D eigenvalue weighted by molar-refractivity contribution is 9.10. The summed E-state index contributed by atoms with van der Waals surface area (Å²) in [6.45, 7) is 0. The minimum atomic E-state index is -0.357. The lowest BCUT2D eigenvalue weighted by atomic mass is 10.2. The summed E-state index contributed by atoms with van der Waals surface area (Å²) in [6.07, 6.45) is 0. The molecule has 0 heterocycles. The van der Waals surface area contributed by atoms with E-state index in [4.69, 9.17) is 29.6 Å². The number of thiocarbonyl (C=S) groups is 1. The van der Waals surface area contributed by atoms with E-state index in [9.17, 15) is 4.39 Å². The van der Waals surface area contributed by atoms with Crippen molar-refractivity contribution < 1.29 is 4.39 Å². The highest BCUT2D eigenvalue weighted by atomic mass is 79.9. The van der Waals surface area contributed by atoms with Crippen molar-refractivity contribution in [3.8, 4) is 0 Å². The Morgan fingerprint density at radius 3 is 2.63 bits per heavy atom. The number of hydrogen-bond donors (Lipinski definition) is 2. The second-order valence-electron chi connectivity index (χ2n) is 3.78. The Bertz CT molecular complexity index is 628. The molecule has 2 nitrogen and oxygen atoms in total. The number of halogens is 3. The van der Waals surface area contributed by atoms with Crippen molar-refractivity contribution in [2.24, 2.45) is 5.73 Å². The molecule has 3 N–H and O–H groups in total. The van der Waals surface area contributed by atoms with Crippen LogP contribution in [0, 0.1) is 5.82 Å². The van der Waals surface area contributed by atoms with Crippen LogP contribution in [-0.2, 0) is 0 Å². The maximum absolute atomic E-state index is 13.7. The third-order valence-electron chi connectivity index (χ3n) is 2.47. The van der Waals surface area contributed by atoms with Gasteiger partial charge in [0.05, 0.1) is 10.7 Å². The monoisotopic (exact) mass is 358 g/mol. The zero-order chi connectivity index (χ0) is 14.0. The molecule has 2 aromatic rings. The smallest absolute Gasteiger partial charge is 0.147 e. The quantitative estimate of drug-likeness (QED) is 0.785. The normalized spacial score (nSPS) is 10.3. The van der Waals surface area contributed by atoms with Gasteiger partial charge in [-0.1, -0.05) is 29.9 Å². The molecule has 0 saturated carbocycles. The van der Waals surface area contributed by atoms with Crippen molar-refractivity contribution in [2.75, 3.05) is 5.32 Å². The number of nitrogens with one attached hydrogen (secondary N) is 1. The van der Waals surface area contributed by atoms with Gasteiger partial charge in [-0.2, -0.15) is 0 Å². The fourth-order valence-electron chi connectivity index (χ4n) is 1.55. The van der Waals surface area contributed by atoms with Crippen LogP contribution in [-0.4, -0.2) is 4.99 Å². The van der Waals surface area contributed by atoms with E-state index in [1.165, 1.54) is 6.07 Å². The minimum absolute atomic E-state index is 0.226. The molecule has 0 aliphatic carbocycles. The maximum Gasteiger partial charge on any atom is 0.147 e. The summed E-state index contributed by atoms with van der Waals surface area (Å²) in [5.41, 5.74) is 7.11. The van der Waals surface area contributed by atoms with Crippen molar-refractivity contribution in [1.82, 2.24) is 0 Å². The summed E-state index contributed by atoms with van der Waals surface area (Å²) in [5.74, 6) is -0.357. The van der Waals surface area contributed by atoms with Gasteiger partial charge >= 0.3 is 0 Å². The second-order valence-corrected chi connectivity index (χ2v) is 5.48. The number of benzene rings is 2. The average Bonchev–Trinajstić information content (AvgIpc) is 2.33. The summed E-state index contributed by atoms with van der Waals surface area (Å²) < 4.78 is 14.3. The standard InChI is InChI=1S/C13H9BrClFN2S/c14-9-2-1-3-11(16)12(9)18-7-4-5-8(13(17)19)10(15)6-7/h1-6,18H,(H2,17,19). The van der Waals surface area contributed by atoms with Crippen molar-refractivity contribution in [1.29, 1.82) is 0 Å². The Morgan fingerprint density at radius 2 is 2.05 bits per heavy atom. The molecule has 0 atom stereocenters. The Labute approximate surface area is 128 Å². The molecule has 0 saturated heterocycles. The first-order chi connectivity index (χ1) is 8.99. The molecule has 0 radical (unpaired) electrons.